The van der Waals surface area contributed by atoms with Gasteiger partial charge in [-0.15, -0.1) is 0 Å². The third-order valence-electron chi connectivity index (χ3n) is 1.19. The van der Waals surface area contributed by atoms with Crippen LogP contribution in [0.2, 0.25) is 0 Å². The lowest BCUT2D eigenvalue weighted by Gasteiger charge is -2.21. The van der Waals surface area contributed by atoms with Crippen LogP contribution in [-0.4, -0.2) is 10.8 Å². The third kappa shape index (κ3) is 2.27. The normalized spacial score (nSPS) is 14.7. The van der Waals surface area contributed by atoms with Crippen molar-refractivity contribution in [2.24, 2.45) is 0 Å². The second-order valence-corrected chi connectivity index (χ2v) is 1.82. The number of nitrogens with one attached hydrogen (secondary N) is 1. The van der Waals surface area contributed by atoms with Crippen LogP contribution in [0.25, 0.3) is 0 Å². The van der Waals surface area contributed by atoms with Gasteiger partial charge >= 0.3 is 0 Å². The van der Waals surface area contributed by atoms with E-state index in [1.54, 1.807) is 6.20 Å². The summed E-state index contributed by atoms with van der Waals surface area (Å²) in [7, 11) is 0. The summed E-state index contributed by atoms with van der Waals surface area (Å²) < 4.78 is 0. The topological polar surface area (TPSA) is 32.3 Å². The van der Waals surface area contributed by atoms with E-state index in [0.29, 0.717) is 5.82 Å². The summed E-state index contributed by atoms with van der Waals surface area (Å²) in [5.41, 5.74) is 0. The van der Waals surface area contributed by atoms with Gasteiger partial charge in [-0.2, -0.15) is 0 Å². The molecule has 0 bridgehead atoms. The standard InChI is InChI=1S/C7H8N2O.C2H6/c1-3-9-6(2)8-5-4-7(9)10;1-2/h3-5,8H,1-2H2;1-2H3. The van der Waals surface area contributed by atoms with Crippen molar-refractivity contribution in [1.82, 2.24) is 10.2 Å². The summed E-state index contributed by atoms with van der Waals surface area (Å²) in [5.74, 6) is 0.404. The van der Waals surface area contributed by atoms with E-state index >= 15 is 0 Å². The Morgan fingerprint density at radius 3 is 2.50 bits per heavy atom. The zero-order valence-electron chi connectivity index (χ0n) is 7.50. The smallest absolute Gasteiger partial charge is 0.257 e. The molecule has 1 N–H and O–H groups in total. The van der Waals surface area contributed by atoms with Crippen LogP contribution in [0.5, 0.6) is 0 Å². The molecule has 0 aromatic rings. The highest BCUT2D eigenvalue weighted by Crippen LogP contribution is 2.04. The summed E-state index contributed by atoms with van der Waals surface area (Å²) in [4.78, 5) is 12.2. The molecule has 0 fully saturated rings. The van der Waals surface area contributed by atoms with E-state index in [1.807, 2.05) is 13.8 Å². The van der Waals surface area contributed by atoms with Crippen molar-refractivity contribution in [3.05, 3.63) is 37.5 Å². The van der Waals surface area contributed by atoms with Gasteiger partial charge in [0.1, 0.15) is 5.82 Å². The molecule has 1 amide bonds. The molecule has 66 valence electrons. The van der Waals surface area contributed by atoms with Crippen LogP contribution in [0.15, 0.2) is 37.5 Å². The maximum absolute atomic E-state index is 10.9. The second kappa shape index (κ2) is 5.18. The molecule has 0 aromatic carbocycles. The van der Waals surface area contributed by atoms with Gasteiger partial charge in [0.25, 0.3) is 5.91 Å². The Morgan fingerprint density at radius 2 is 2.17 bits per heavy atom. The van der Waals surface area contributed by atoms with Crippen molar-refractivity contribution in [3.63, 3.8) is 0 Å². The zero-order valence-corrected chi connectivity index (χ0v) is 7.50. The fraction of sp³-hybridized carbons (Fsp3) is 0.222. The molecule has 1 rings (SSSR count). The summed E-state index contributed by atoms with van der Waals surface area (Å²) in [6, 6.07) is 0. The number of amides is 1. The van der Waals surface area contributed by atoms with Gasteiger partial charge in [-0.1, -0.05) is 27.0 Å². The maximum Gasteiger partial charge on any atom is 0.257 e. The average molecular weight is 166 g/mol. The predicted molar refractivity (Wildman–Crippen MR) is 49.8 cm³/mol. The number of nitrogens with zero attached hydrogens (tertiary/aromatic N) is 1. The number of carbonyl (C=O) groups excluding carboxylic acids is 1. The van der Waals surface area contributed by atoms with Crippen LogP contribution in [-0.2, 0) is 4.79 Å². The number of hydrogen-bond donors (Lipinski definition) is 1. The molecule has 0 aromatic heterocycles. The number of carbonyl (C=O) groups is 1. The highest BCUT2D eigenvalue weighted by molar-refractivity contribution is 5.90. The first kappa shape index (κ1) is 10.5. The van der Waals surface area contributed by atoms with E-state index in [2.05, 4.69) is 18.5 Å². The third-order valence-corrected chi connectivity index (χ3v) is 1.19. The van der Waals surface area contributed by atoms with Crippen molar-refractivity contribution >= 4 is 5.91 Å². The van der Waals surface area contributed by atoms with Gasteiger partial charge in [0.2, 0.25) is 0 Å². The van der Waals surface area contributed by atoms with Gasteiger partial charge in [0, 0.05) is 18.5 Å². The van der Waals surface area contributed by atoms with Crippen molar-refractivity contribution in [2.75, 3.05) is 0 Å². The van der Waals surface area contributed by atoms with E-state index in [9.17, 15) is 4.79 Å². The average Bonchev–Trinajstić information content (AvgIpc) is 2.08. The molecule has 0 saturated heterocycles. The molecule has 0 spiro atoms. The van der Waals surface area contributed by atoms with E-state index in [-0.39, 0.29) is 5.91 Å². The van der Waals surface area contributed by atoms with Crippen LogP contribution in [0, 0.1) is 0 Å². The van der Waals surface area contributed by atoms with E-state index < -0.39 is 0 Å². The molecule has 0 atom stereocenters. The van der Waals surface area contributed by atoms with Crippen molar-refractivity contribution in [3.8, 4) is 0 Å². The Bertz CT molecular complexity index is 219. The van der Waals surface area contributed by atoms with Crippen molar-refractivity contribution < 1.29 is 4.79 Å². The highest BCUT2D eigenvalue weighted by atomic mass is 16.2. The van der Waals surface area contributed by atoms with Gasteiger partial charge < -0.3 is 5.32 Å². The van der Waals surface area contributed by atoms with Gasteiger partial charge in [-0.05, 0) is 0 Å². The Morgan fingerprint density at radius 1 is 1.58 bits per heavy atom. The van der Waals surface area contributed by atoms with Crippen molar-refractivity contribution in [2.45, 2.75) is 13.8 Å². The first-order valence-corrected chi connectivity index (χ1v) is 3.83. The monoisotopic (exact) mass is 166 g/mol. The fourth-order valence-corrected chi connectivity index (χ4v) is 0.692. The number of rotatable bonds is 1. The van der Waals surface area contributed by atoms with E-state index in [4.69, 9.17) is 0 Å². The molecule has 1 heterocycles. The van der Waals surface area contributed by atoms with Crippen LogP contribution < -0.4 is 5.32 Å². The minimum absolute atomic E-state index is 0.126. The SMILES string of the molecule is C=CN1C(=C)NC=CC1=O.CC. The molecule has 3 heteroatoms. The van der Waals surface area contributed by atoms with Crippen LogP contribution in [0.1, 0.15) is 13.8 Å². The molecular formula is C9H14N2O. The number of hydrogen-bond acceptors (Lipinski definition) is 2. The quantitative estimate of drug-likeness (QED) is 0.641. The van der Waals surface area contributed by atoms with Crippen LogP contribution in [0.4, 0.5) is 0 Å². The molecule has 1 aliphatic rings. The molecule has 0 aliphatic carbocycles. The molecule has 0 radical (unpaired) electrons. The molecular weight excluding hydrogens is 152 g/mol. The Kier molecular flexibility index (Phi) is 4.53. The summed E-state index contributed by atoms with van der Waals surface area (Å²) in [6.07, 6.45) is 4.38. The predicted octanol–water partition coefficient (Wildman–Crippen LogP) is 1.57. The van der Waals surface area contributed by atoms with E-state index in [0.717, 1.165) is 0 Å². The van der Waals surface area contributed by atoms with Gasteiger partial charge in [-0.3, -0.25) is 9.69 Å². The fourth-order valence-electron chi connectivity index (χ4n) is 0.692. The summed E-state index contributed by atoms with van der Waals surface area (Å²) in [5, 5.41) is 2.77. The van der Waals surface area contributed by atoms with E-state index in [1.165, 1.54) is 17.2 Å². The van der Waals surface area contributed by atoms with Gasteiger partial charge in [0.05, 0.1) is 0 Å². The minimum Gasteiger partial charge on any atom is -0.348 e. The highest BCUT2D eigenvalue weighted by Gasteiger charge is 2.12. The Balaban J connectivity index is 0.000000561. The lowest BCUT2D eigenvalue weighted by atomic mass is 10.4. The summed E-state index contributed by atoms with van der Waals surface area (Å²) in [6.45, 7) is 11.0. The Labute approximate surface area is 73.1 Å². The van der Waals surface area contributed by atoms with Gasteiger partial charge in [-0.25, -0.2) is 0 Å². The molecule has 1 aliphatic heterocycles. The van der Waals surface area contributed by atoms with Gasteiger partial charge in [0.15, 0.2) is 0 Å². The second-order valence-electron chi connectivity index (χ2n) is 1.82. The molecule has 0 unspecified atom stereocenters. The lowest BCUT2D eigenvalue weighted by molar-refractivity contribution is -0.122. The largest absolute Gasteiger partial charge is 0.348 e. The molecule has 3 nitrogen and oxygen atoms in total. The van der Waals surface area contributed by atoms with Crippen molar-refractivity contribution in [1.29, 1.82) is 0 Å². The molecule has 12 heavy (non-hydrogen) atoms. The first-order valence-electron chi connectivity index (χ1n) is 3.83. The summed E-state index contributed by atoms with van der Waals surface area (Å²) >= 11 is 0. The minimum atomic E-state index is -0.126. The lowest BCUT2D eigenvalue weighted by Crippen LogP contribution is -2.32. The molecule has 0 saturated carbocycles. The zero-order chi connectivity index (χ0) is 9.56. The van der Waals surface area contributed by atoms with Crippen LogP contribution in [0.3, 0.4) is 0 Å². The van der Waals surface area contributed by atoms with Crippen LogP contribution >= 0.6 is 0 Å². The first-order chi connectivity index (χ1) is 5.75. The Hall–Kier alpha value is -1.51. The maximum atomic E-state index is 10.9.